The largest absolute Gasteiger partial charge is 0.381 e. The van der Waals surface area contributed by atoms with Crippen LogP contribution in [-0.2, 0) is 11.3 Å². The Morgan fingerprint density at radius 3 is 2.95 bits per heavy atom. The number of nitrogens with zero attached hydrogens (tertiary/aromatic N) is 1. The van der Waals surface area contributed by atoms with Crippen LogP contribution in [0.2, 0.25) is 0 Å². The van der Waals surface area contributed by atoms with E-state index in [1.165, 1.54) is 6.42 Å². The van der Waals surface area contributed by atoms with E-state index in [1.807, 2.05) is 31.1 Å². The van der Waals surface area contributed by atoms with Crippen molar-refractivity contribution in [1.82, 2.24) is 5.32 Å². The number of hydrogen-bond donors (Lipinski definition) is 1. The van der Waals surface area contributed by atoms with Gasteiger partial charge in [-0.2, -0.15) is 0 Å². The fourth-order valence-electron chi connectivity index (χ4n) is 2.61. The van der Waals surface area contributed by atoms with Crippen molar-refractivity contribution in [2.75, 3.05) is 38.8 Å². The molecule has 106 valence electrons. The van der Waals surface area contributed by atoms with E-state index >= 15 is 0 Å². The van der Waals surface area contributed by atoms with E-state index in [9.17, 15) is 4.39 Å². The summed E-state index contributed by atoms with van der Waals surface area (Å²) in [6.07, 6.45) is 2.28. The van der Waals surface area contributed by atoms with Gasteiger partial charge in [0.25, 0.3) is 0 Å². The van der Waals surface area contributed by atoms with Crippen LogP contribution in [0.5, 0.6) is 0 Å². The number of nitrogens with one attached hydrogen (secondary N) is 1. The molecule has 19 heavy (non-hydrogen) atoms. The third-order valence-corrected chi connectivity index (χ3v) is 3.59. The molecule has 1 aromatic carbocycles. The number of rotatable bonds is 5. The molecule has 0 amide bonds. The van der Waals surface area contributed by atoms with Crippen molar-refractivity contribution in [2.45, 2.75) is 19.4 Å². The van der Waals surface area contributed by atoms with E-state index < -0.39 is 0 Å². The Bertz CT molecular complexity index is 405. The van der Waals surface area contributed by atoms with Crippen molar-refractivity contribution >= 4 is 5.69 Å². The number of halogens is 1. The van der Waals surface area contributed by atoms with Gasteiger partial charge in [0.1, 0.15) is 5.82 Å². The van der Waals surface area contributed by atoms with E-state index in [0.29, 0.717) is 18.2 Å². The third kappa shape index (κ3) is 3.91. The molecule has 1 heterocycles. The molecule has 1 aromatic rings. The highest BCUT2D eigenvalue weighted by Gasteiger charge is 2.17. The molecule has 0 spiro atoms. The summed E-state index contributed by atoms with van der Waals surface area (Å²) in [4.78, 5) is 2.00. The maximum absolute atomic E-state index is 14.1. The zero-order chi connectivity index (χ0) is 13.7. The van der Waals surface area contributed by atoms with E-state index in [2.05, 4.69) is 5.32 Å². The summed E-state index contributed by atoms with van der Waals surface area (Å²) in [7, 11) is 3.81. The molecule has 0 radical (unpaired) electrons. The Morgan fingerprint density at radius 2 is 2.32 bits per heavy atom. The first-order chi connectivity index (χ1) is 9.20. The van der Waals surface area contributed by atoms with Gasteiger partial charge in [0.05, 0.1) is 12.3 Å². The molecule has 0 saturated carbocycles. The first-order valence-electron chi connectivity index (χ1n) is 6.92. The molecule has 1 aliphatic heterocycles. The first-order valence-corrected chi connectivity index (χ1v) is 6.92. The highest BCUT2D eigenvalue weighted by molar-refractivity contribution is 5.48. The number of benzene rings is 1. The Hall–Kier alpha value is -1.13. The normalized spacial score (nSPS) is 19.4. The third-order valence-electron chi connectivity index (χ3n) is 3.59. The fourth-order valence-corrected chi connectivity index (χ4v) is 2.61. The van der Waals surface area contributed by atoms with Gasteiger partial charge in [-0.3, -0.25) is 0 Å². The molecule has 0 aromatic heterocycles. The minimum Gasteiger partial charge on any atom is -0.381 e. The van der Waals surface area contributed by atoms with Crippen molar-refractivity contribution in [2.24, 2.45) is 5.92 Å². The minimum atomic E-state index is -0.146. The lowest BCUT2D eigenvalue weighted by Gasteiger charge is -2.28. The van der Waals surface area contributed by atoms with E-state index in [1.54, 1.807) is 6.07 Å². The Morgan fingerprint density at radius 1 is 1.47 bits per heavy atom. The number of hydrogen-bond acceptors (Lipinski definition) is 3. The van der Waals surface area contributed by atoms with Crippen LogP contribution in [0.15, 0.2) is 18.2 Å². The summed E-state index contributed by atoms with van der Waals surface area (Å²) < 4.78 is 19.5. The zero-order valence-corrected chi connectivity index (χ0v) is 11.8. The predicted molar refractivity (Wildman–Crippen MR) is 76.0 cm³/mol. The van der Waals surface area contributed by atoms with Gasteiger partial charge >= 0.3 is 0 Å². The van der Waals surface area contributed by atoms with Crippen molar-refractivity contribution < 1.29 is 9.13 Å². The topological polar surface area (TPSA) is 24.5 Å². The van der Waals surface area contributed by atoms with E-state index in [-0.39, 0.29) is 5.82 Å². The number of ether oxygens (including phenoxy) is 1. The highest BCUT2D eigenvalue weighted by Crippen LogP contribution is 2.22. The lowest BCUT2D eigenvalue weighted by molar-refractivity contribution is 0.0576. The molecule has 1 aliphatic rings. The van der Waals surface area contributed by atoms with Crippen LogP contribution in [0.25, 0.3) is 0 Å². The van der Waals surface area contributed by atoms with Gasteiger partial charge in [-0.25, -0.2) is 4.39 Å². The quantitative estimate of drug-likeness (QED) is 0.885. The van der Waals surface area contributed by atoms with Crippen LogP contribution in [-0.4, -0.2) is 33.9 Å². The second-order valence-corrected chi connectivity index (χ2v) is 5.28. The summed E-state index contributed by atoms with van der Waals surface area (Å²) in [5.41, 5.74) is 1.64. The average molecular weight is 266 g/mol. The molecule has 1 atom stereocenters. The molecule has 0 aliphatic carbocycles. The molecule has 4 heteroatoms. The summed E-state index contributed by atoms with van der Waals surface area (Å²) in [6.45, 7) is 3.21. The molecule has 0 bridgehead atoms. The molecule has 1 unspecified atom stereocenters. The molecular formula is C15H23FN2O. The van der Waals surface area contributed by atoms with Gasteiger partial charge in [-0.1, -0.05) is 6.07 Å². The molecule has 1 fully saturated rings. The molecule has 3 nitrogen and oxygen atoms in total. The van der Waals surface area contributed by atoms with Crippen molar-refractivity contribution in [3.05, 3.63) is 29.6 Å². The summed E-state index contributed by atoms with van der Waals surface area (Å²) in [5.74, 6) is 0.363. The SMILES string of the molecule is CNCc1ccc(N(C)CC2CCCOC2)c(F)c1. The van der Waals surface area contributed by atoms with Crippen LogP contribution in [0.4, 0.5) is 10.1 Å². The lowest BCUT2D eigenvalue weighted by atomic mass is 10.0. The molecule has 1 saturated heterocycles. The van der Waals surface area contributed by atoms with Gasteiger partial charge in [-0.05, 0) is 43.5 Å². The summed E-state index contributed by atoms with van der Waals surface area (Å²) in [6, 6.07) is 5.45. The standard InChI is InChI=1S/C15H23FN2O/c1-17-9-12-5-6-15(14(16)8-12)18(2)10-13-4-3-7-19-11-13/h5-6,8,13,17H,3-4,7,9-11H2,1-2H3. The predicted octanol–water partition coefficient (Wildman–Crippen LogP) is 2.41. The van der Waals surface area contributed by atoms with Crippen molar-refractivity contribution in [3.63, 3.8) is 0 Å². The summed E-state index contributed by atoms with van der Waals surface area (Å²) >= 11 is 0. The maximum Gasteiger partial charge on any atom is 0.146 e. The van der Waals surface area contributed by atoms with Crippen LogP contribution >= 0.6 is 0 Å². The van der Waals surface area contributed by atoms with Gasteiger partial charge in [0.15, 0.2) is 0 Å². The van der Waals surface area contributed by atoms with Gasteiger partial charge in [-0.15, -0.1) is 0 Å². The monoisotopic (exact) mass is 266 g/mol. The average Bonchev–Trinajstić information content (AvgIpc) is 2.40. The van der Waals surface area contributed by atoms with Gasteiger partial charge in [0.2, 0.25) is 0 Å². The maximum atomic E-state index is 14.1. The minimum absolute atomic E-state index is 0.146. The smallest absolute Gasteiger partial charge is 0.146 e. The van der Waals surface area contributed by atoms with Crippen LogP contribution in [0.3, 0.4) is 0 Å². The van der Waals surface area contributed by atoms with Crippen LogP contribution in [0, 0.1) is 11.7 Å². The lowest BCUT2D eigenvalue weighted by Crippen LogP contribution is -2.31. The second kappa shape index (κ2) is 6.87. The van der Waals surface area contributed by atoms with Crippen molar-refractivity contribution in [1.29, 1.82) is 0 Å². The molecule has 2 rings (SSSR count). The molecular weight excluding hydrogens is 243 g/mol. The van der Waals surface area contributed by atoms with Crippen LogP contribution < -0.4 is 10.2 Å². The second-order valence-electron chi connectivity index (χ2n) is 5.28. The molecule has 1 N–H and O–H groups in total. The zero-order valence-electron chi connectivity index (χ0n) is 11.8. The van der Waals surface area contributed by atoms with Crippen LogP contribution in [0.1, 0.15) is 18.4 Å². The Labute approximate surface area is 114 Å². The highest BCUT2D eigenvalue weighted by atomic mass is 19.1. The van der Waals surface area contributed by atoms with Gasteiger partial charge < -0.3 is 15.0 Å². The Kier molecular flexibility index (Phi) is 5.16. The summed E-state index contributed by atoms with van der Waals surface area (Å²) in [5, 5.41) is 3.03. The van der Waals surface area contributed by atoms with Crippen molar-refractivity contribution in [3.8, 4) is 0 Å². The van der Waals surface area contributed by atoms with E-state index in [0.717, 1.165) is 31.7 Å². The van der Waals surface area contributed by atoms with Gasteiger partial charge in [0, 0.05) is 26.7 Å². The Balaban J connectivity index is 1.99. The number of anilines is 1. The fraction of sp³-hybridized carbons (Fsp3) is 0.600. The van der Waals surface area contributed by atoms with E-state index in [4.69, 9.17) is 4.74 Å². The first kappa shape index (κ1) is 14.3.